The van der Waals surface area contributed by atoms with Gasteiger partial charge in [-0.1, -0.05) is 56.2 Å². The van der Waals surface area contributed by atoms with Gasteiger partial charge in [-0.05, 0) is 60.9 Å². The first kappa shape index (κ1) is 21.4. The molecule has 0 bridgehead atoms. The topological polar surface area (TPSA) is 12.2 Å². The normalized spacial score (nSPS) is 15.1. The highest BCUT2D eigenvalue weighted by molar-refractivity contribution is 6.09. The first-order chi connectivity index (χ1) is 15.1. The van der Waals surface area contributed by atoms with Crippen molar-refractivity contribution in [2.45, 2.75) is 51.9 Å². The van der Waals surface area contributed by atoms with Crippen molar-refractivity contribution >= 4 is 28.2 Å². The number of benzene rings is 3. The highest BCUT2D eigenvalue weighted by atomic mass is 16.5. The van der Waals surface area contributed by atoms with Crippen LogP contribution in [0.4, 0.5) is 5.69 Å². The molecule has 0 fully saturated rings. The van der Waals surface area contributed by atoms with Crippen LogP contribution in [0.2, 0.25) is 0 Å². The molecule has 3 aromatic carbocycles. The second kappa shape index (κ2) is 9.09. The first-order valence-electron chi connectivity index (χ1n) is 11.6. The molecule has 3 aromatic rings. The number of allylic oxidation sites excluding steroid dienone is 1. The maximum absolute atomic E-state index is 5.31. The third kappa shape index (κ3) is 4.17. The maximum atomic E-state index is 5.31. The van der Waals surface area contributed by atoms with E-state index < -0.39 is 0 Å². The summed E-state index contributed by atoms with van der Waals surface area (Å²) in [7, 11) is 1.71. The van der Waals surface area contributed by atoms with Crippen molar-refractivity contribution in [1.29, 1.82) is 0 Å². The summed E-state index contributed by atoms with van der Waals surface area (Å²) in [5, 5.41) is 2.69. The standard InChI is InChI=1S/C29H34NO/c1-5-6-7-10-21-30-26-19-16-23-11-8-9-12-25(23)28(26)29(2,3)27(30)20-15-22-13-17-24(31-4)18-14-22/h8-9,11-20H,5-7,10,21H2,1-4H3/q+1/b20-15+. The third-order valence-corrected chi connectivity index (χ3v) is 6.54. The van der Waals surface area contributed by atoms with Crippen molar-refractivity contribution in [3.8, 4) is 5.75 Å². The Morgan fingerprint density at radius 1 is 0.871 bits per heavy atom. The average molecular weight is 413 g/mol. The van der Waals surface area contributed by atoms with Gasteiger partial charge in [-0.3, -0.25) is 0 Å². The van der Waals surface area contributed by atoms with Gasteiger partial charge >= 0.3 is 0 Å². The molecular weight excluding hydrogens is 378 g/mol. The molecule has 4 rings (SSSR count). The molecule has 1 heterocycles. The number of hydrogen-bond acceptors (Lipinski definition) is 1. The van der Waals surface area contributed by atoms with Crippen molar-refractivity contribution in [2.75, 3.05) is 13.7 Å². The Labute approximate surface area is 186 Å². The molecule has 2 heteroatoms. The number of fused-ring (bicyclic) bond motifs is 3. The van der Waals surface area contributed by atoms with Crippen molar-refractivity contribution in [2.24, 2.45) is 0 Å². The largest absolute Gasteiger partial charge is 0.497 e. The molecular formula is C29H34NO+. The van der Waals surface area contributed by atoms with E-state index in [0.717, 1.165) is 12.3 Å². The Morgan fingerprint density at radius 3 is 2.39 bits per heavy atom. The average Bonchev–Trinajstić information content (AvgIpc) is 3.01. The second-order valence-electron chi connectivity index (χ2n) is 9.01. The van der Waals surface area contributed by atoms with Gasteiger partial charge in [-0.2, -0.15) is 4.58 Å². The summed E-state index contributed by atoms with van der Waals surface area (Å²) in [6.07, 6.45) is 9.64. The monoisotopic (exact) mass is 412 g/mol. The van der Waals surface area contributed by atoms with Gasteiger partial charge in [0.1, 0.15) is 12.3 Å². The quantitative estimate of drug-likeness (QED) is 0.275. The van der Waals surface area contributed by atoms with Crippen LogP contribution in [-0.4, -0.2) is 23.9 Å². The number of rotatable bonds is 8. The van der Waals surface area contributed by atoms with Crippen LogP contribution in [0.5, 0.6) is 5.75 Å². The van der Waals surface area contributed by atoms with Crippen molar-refractivity contribution < 1.29 is 9.31 Å². The molecule has 2 nitrogen and oxygen atoms in total. The van der Waals surface area contributed by atoms with E-state index >= 15 is 0 Å². The molecule has 0 aliphatic carbocycles. The molecule has 0 unspecified atom stereocenters. The van der Waals surface area contributed by atoms with Crippen molar-refractivity contribution in [1.82, 2.24) is 0 Å². The van der Waals surface area contributed by atoms with Gasteiger partial charge < -0.3 is 4.74 Å². The second-order valence-corrected chi connectivity index (χ2v) is 9.01. The van der Waals surface area contributed by atoms with E-state index in [2.05, 4.69) is 86.0 Å². The predicted octanol–water partition coefficient (Wildman–Crippen LogP) is 7.52. The van der Waals surface area contributed by atoms with Crippen LogP contribution < -0.4 is 4.74 Å². The molecule has 160 valence electrons. The van der Waals surface area contributed by atoms with Gasteiger partial charge in [0, 0.05) is 24.1 Å². The summed E-state index contributed by atoms with van der Waals surface area (Å²) in [6, 6.07) is 21.7. The first-order valence-corrected chi connectivity index (χ1v) is 11.6. The molecule has 0 saturated heterocycles. The number of unbranched alkanes of at least 4 members (excludes halogenated alkanes) is 3. The van der Waals surface area contributed by atoms with Gasteiger partial charge in [0.05, 0.1) is 12.5 Å². The highest BCUT2D eigenvalue weighted by Gasteiger charge is 2.45. The Morgan fingerprint density at radius 2 is 1.65 bits per heavy atom. The van der Waals surface area contributed by atoms with Crippen LogP contribution in [0.3, 0.4) is 0 Å². The smallest absolute Gasteiger partial charge is 0.210 e. The van der Waals surface area contributed by atoms with Gasteiger partial charge in [-0.15, -0.1) is 0 Å². The summed E-state index contributed by atoms with van der Waals surface area (Å²) < 4.78 is 7.87. The SMILES string of the molecule is CCCCCC[N+]1=C(/C=C/c2ccc(OC)cc2)C(C)(C)c2c1ccc1ccccc21. The van der Waals surface area contributed by atoms with Crippen LogP contribution in [0.15, 0.2) is 66.7 Å². The fourth-order valence-corrected chi connectivity index (χ4v) is 4.86. The maximum Gasteiger partial charge on any atom is 0.210 e. The predicted molar refractivity (Wildman–Crippen MR) is 133 cm³/mol. The molecule has 0 radical (unpaired) electrons. The number of methoxy groups -OCH3 is 1. The number of hydrogen-bond donors (Lipinski definition) is 0. The molecule has 1 aliphatic heterocycles. The number of nitrogens with zero attached hydrogens (tertiary/aromatic N) is 1. The minimum Gasteiger partial charge on any atom is -0.497 e. The minimum absolute atomic E-state index is 0.0517. The van der Waals surface area contributed by atoms with Crippen LogP contribution >= 0.6 is 0 Å². The van der Waals surface area contributed by atoms with E-state index in [1.54, 1.807) is 7.11 Å². The zero-order valence-corrected chi connectivity index (χ0v) is 19.3. The summed E-state index contributed by atoms with van der Waals surface area (Å²) in [4.78, 5) is 0. The van der Waals surface area contributed by atoms with Crippen molar-refractivity contribution in [3.63, 3.8) is 0 Å². The molecule has 0 amide bonds. The van der Waals surface area contributed by atoms with E-state index in [4.69, 9.17) is 4.74 Å². The third-order valence-electron chi connectivity index (χ3n) is 6.54. The van der Waals surface area contributed by atoms with E-state index in [-0.39, 0.29) is 5.41 Å². The zero-order valence-electron chi connectivity index (χ0n) is 19.3. The van der Waals surface area contributed by atoms with Crippen LogP contribution in [0.1, 0.15) is 57.6 Å². The molecule has 0 atom stereocenters. The molecule has 0 aromatic heterocycles. The highest BCUT2D eigenvalue weighted by Crippen LogP contribution is 2.44. The molecule has 1 aliphatic rings. The zero-order chi connectivity index (χ0) is 21.8. The summed E-state index contributed by atoms with van der Waals surface area (Å²) >= 11 is 0. The van der Waals surface area contributed by atoms with E-state index in [1.807, 2.05) is 12.1 Å². The lowest BCUT2D eigenvalue weighted by molar-refractivity contribution is -0.438. The van der Waals surface area contributed by atoms with E-state index in [1.165, 1.54) is 59.0 Å². The van der Waals surface area contributed by atoms with Crippen LogP contribution in [-0.2, 0) is 5.41 Å². The lowest BCUT2D eigenvalue weighted by Gasteiger charge is -2.17. The molecule has 0 saturated carbocycles. The molecule has 0 N–H and O–H groups in total. The Hall–Kier alpha value is -2.87. The van der Waals surface area contributed by atoms with Gasteiger partial charge in [0.15, 0.2) is 5.71 Å². The Kier molecular flexibility index (Phi) is 6.27. The fourth-order valence-electron chi connectivity index (χ4n) is 4.86. The van der Waals surface area contributed by atoms with Gasteiger partial charge in [-0.25, -0.2) is 0 Å². The summed E-state index contributed by atoms with van der Waals surface area (Å²) in [5.41, 5.74) is 5.34. The van der Waals surface area contributed by atoms with E-state index in [9.17, 15) is 0 Å². The fraction of sp³-hybridized carbons (Fsp3) is 0.345. The van der Waals surface area contributed by atoms with Crippen LogP contribution in [0.25, 0.3) is 16.8 Å². The molecule has 31 heavy (non-hydrogen) atoms. The lowest BCUT2D eigenvalue weighted by atomic mass is 9.79. The Balaban J connectivity index is 1.77. The van der Waals surface area contributed by atoms with E-state index in [0.29, 0.717) is 0 Å². The Bertz CT molecular complexity index is 1120. The minimum atomic E-state index is -0.0517. The van der Waals surface area contributed by atoms with Gasteiger partial charge in [0.25, 0.3) is 0 Å². The van der Waals surface area contributed by atoms with Crippen molar-refractivity contribution in [3.05, 3.63) is 77.9 Å². The van der Waals surface area contributed by atoms with Crippen LogP contribution in [0, 0.1) is 0 Å². The van der Waals surface area contributed by atoms with Gasteiger partial charge in [0.2, 0.25) is 5.69 Å². The number of ether oxygens (including phenoxy) is 1. The summed E-state index contributed by atoms with van der Waals surface area (Å²) in [6.45, 7) is 8.09. The lowest BCUT2D eigenvalue weighted by Crippen LogP contribution is -2.28. The summed E-state index contributed by atoms with van der Waals surface area (Å²) in [5.74, 6) is 0.891. The molecule has 0 spiro atoms.